The number of carbonyl (C=O) groups excluding carboxylic acids is 2. The number of hydrogen-bond donors (Lipinski definition) is 1. The van der Waals surface area contributed by atoms with Crippen LogP contribution >= 0.6 is 0 Å². The molecule has 0 unspecified atom stereocenters. The van der Waals surface area contributed by atoms with Crippen molar-refractivity contribution >= 4 is 17.6 Å². The lowest BCUT2D eigenvalue weighted by Gasteiger charge is -2.39. The normalized spacial score (nSPS) is 19.1. The standard InChI is InChI=1S/C23H26FN3O3/c1-16-15-27(20-8-4-5-9-21(20)30-16)23(29)26-12-10-17(11-13-26)22(28)25-14-18-6-2-3-7-19(18)24/h2-9,16-17H,10-15H2,1H3,(H,25,28)/t16-/m1/s1. The Labute approximate surface area is 175 Å². The molecule has 158 valence electrons. The zero-order valence-corrected chi connectivity index (χ0v) is 17.0. The maximum atomic E-state index is 13.7. The van der Waals surface area contributed by atoms with E-state index in [0.717, 1.165) is 5.69 Å². The van der Waals surface area contributed by atoms with Gasteiger partial charge in [0.2, 0.25) is 5.91 Å². The first-order chi connectivity index (χ1) is 14.5. The van der Waals surface area contributed by atoms with E-state index < -0.39 is 0 Å². The van der Waals surface area contributed by atoms with Crippen LogP contribution in [0.25, 0.3) is 0 Å². The second kappa shape index (κ2) is 8.73. The van der Waals surface area contributed by atoms with Crippen molar-refractivity contribution in [1.82, 2.24) is 10.2 Å². The highest BCUT2D eigenvalue weighted by atomic mass is 19.1. The largest absolute Gasteiger partial charge is 0.487 e. The van der Waals surface area contributed by atoms with Crippen LogP contribution in [0.3, 0.4) is 0 Å². The Morgan fingerprint density at radius 3 is 2.57 bits per heavy atom. The van der Waals surface area contributed by atoms with Crippen LogP contribution in [0.2, 0.25) is 0 Å². The SMILES string of the molecule is C[C@@H]1CN(C(=O)N2CCC(C(=O)NCc3ccccc3F)CC2)c2ccccc2O1. The van der Waals surface area contributed by atoms with E-state index in [4.69, 9.17) is 4.74 Å². The summed E-state index contributed by atoms with van der Waals surface area (Å²) >= 11 is 0. The van der Waals surface area contributed by atoms with Gasteiger partial charge in [-0.2, -0.15) is 0 Å². The number of amides is 3. The maximum Gasteiger partial charge on any atom is 0.324 e. The van der Waals surface area contributed by atoms with Gasteiger partial charge in [0.25, 0.3) is 0 Å². The first kappa shape index (κ1) is 20.2. The molecule has 3 amide bonds. The summed E-state index contributed by atoms with van der Waals surface area (Å²) in [6.45, 7) is 3.66. The summed E-state index contributed by atoms with van der Waals surface area (Å²) < 4.78 is 19.6. The number of hydrogen-bond acceptors (Lipinski definition) is 3. The number of anilines is 1. The Hall–Kier alpha value is -3.09. The van der Waals surface area contributed by atoms with Crippen molar-refractivity contribution in [3.05, 3.63) is 59.9 Å². The molecule has 0 aromatic heterocycles. The van der Waals surface area contributed by atoms with Crippen molar-refractivity contribution in [2.75, 3.05) is 24.5 Å². The third-order valence-electron chi connectivity index (χ3n) is 5.70. The minimum atomic E-state index is -0.321. The smallest absolute Gasteiger partial charge is 0.324 e. The van der Waals surface area contributed by atoms with Gasteiger partial charge in [-0.1, -0.05) is 30.3 Å². The number of benzene rings is 2. The first-order valence-corrected chi connectivity index (χ1v) is 10.4. The average Bonchev–Trinajstić information content (AvgIpc) is 2.77. The van der Waals surface area contributed by atoms with Crippen molar-refractivity contribution in [3.8, 4) is 5.75 Å². The molecule has 1 saturated heterocycles. The molecule has 1 fully saturated rings. The van der Waals surface area contributed by atoms with Gasteiger partial charge in [0.15, 0.2) is 0 Å². The van der Waals surface area contributed by atoms with Crippen LogP contribution in [-0.4, -0.2) is 42.6 Å². The monoisotopic (exact) mass is 411 g/mol. The number of nitrogens with one attached hydrogen (secondary N) is 1. The van der Waals surface area contributed by atoms with E-state index in [0.29, 0.717) is 43.8 Å². The first-order valence-electron chi connectivity index (χ1n) is 10.4. The summed E-state index contributed by atoms with van der Waals surface area (Å²) in [5, 5.41) is 2.83. The molecule has 30 heavy (non-hydrogen) atoms. The molecule has 1 atom stereocenters. The van der Waals surface area contributed by atoms with Crippen molar-refractivity contribution in [3.63, 3.8) is 0 Å². The summed E-state index contributed by atoms with van der Waals surface area (Å²) in [7, 11) is 0. The predicted molar refractivity (Wildman–Crippen MR) is 112 cm³/mol. The quantitative estimate of drug-likeness (QED) is 0.840. The van der Waals surface area contributed by atoms with Gasteiger partial charge in [0.1, 0.15) is 17.7 Å². The van der Waals surface area contributed by atoms with E-state index in [1.54, 1.807) is 28.0 Å². The van der Waals surface area contributed by atoms with Crippen molar-refractivity contribution in [1.29, 1.82) is 0 Å². The summed E-state index contributed by atoms with van der Waals surface area (Å²) in [5.74, 6) is 0.137. The Balaban J connectivity index is 1.33. The van der Waals surface area contributed by atoms with Crippen LogP contribution in [-0.2, 0) is 11.3 Å². The van der Waals surface area contributed by atoms with Crippen LogP contribution in [0.4, 0.5) is 14.9 Å². The zero-order valence-electron chi connectivity index (χ0n) is 17.0. The second-order valence-electron chi connectivity index (χ2n) is 7.86. The average molecular weight is 411 g/mol. The predicted octanol–water partition coefficient (Wildman–Crippen LogP) is 3.56. The summed E-state index contributed by atoms with van der Waals surface area (Å²) in [5.41, 5.74) is 1.25. The fourth-order valence-corrected chi connectivity index (χ4v) is 4.04. The van der Waals surface area contributed by atoms with Gasteiger partial charge >= 0.3 is 6.03 Å². The third kappa shape index (κ3) is 4.25. The summed E-state index contributed by atoms with van der Waals surface area (Å²) in [4.78, 5) is 29.2. The topological polar surface area (TPSA) is 61.9 Å². The lowest BCUT2D eigenvalue weighted by atomic mass is 9.96. The molecule has 2 aromatic carbocycles. The molecular weight excluding hydrogens is 385 g/mol. The Morgan fingerprint density at radius 1 is 1.10 bits per heavy atom. The molecule has 2 aliphatic rings. The van der Waals surface area contributed by atoms with Crippen LogP contribution < -0.4 is 15.0 Å². The fraction of sp³-hybridized carbons (Fsp3) is 0.391. The maximum absolute atomic E-state index is 13.7. The van der Waals surface area contributed by atoms with E-state index in [2.05, 4.69) is 5.32 Å². The fourth-order valence-electron chi connectivity index (χ4n) is 4.04. The number of carbonyl (C=O) groups is 2. The number of ether oxygens (including phenoxy) is 1. The molecule has 2 aliphatic heterocycles. The molecule has 4 rings (SSSR count). The lowest BCUT2D eigenvalue weighted by Crippen LogP contribution is -2.52. The van der Waals surface area contributed by atoms with Gasteiger partial charge in [0, 0.05) is 31.1 Å². The van der Waals surface area contributed by atoms with Crippen LogP contribution in [0, 0.1) is 11.7 Å². The van der Waals surface area contributed by atoms with Crippen LogP contribution in [0.1, 0.15) is 25.3 Å². The van der Waals surface area contributed by atoms with Crippen molar-refractivity contribution < 1.29 is 18.7 Å². The lowest BCUT2D eigenvalue weighted by molar-refractivity contribution is -0.126. The van der Waals surface area contributed by atoms with Gasteiger partial charge in [-0.05, 0) is 38.0 Å². The zero-order chi connectivity index (χ0) is 21.1. The van der Waals surface area contributed by atoms with Gasteiger partial charge in [-0.3, -0.25) is 9.69 Å². The number of halogens is 1. The highest BCUT2D eigenvalue weighted by molar-refractivity contribution is 5.94. The van der Waals surface area contributed by atoms with Gasteiger partial charge in [-0.15, -0.1) is 0 Å². The van der Waals surface area contributed by atoms with E-state index in [1.807, 2.05) is 31.2 Å². The molecule has 0 saturated carbocycles. The van der Waals surface area contributed by atoms with E-state index in [1.165, 1.54) is 6.07 Å². The van der Waals surface area contributed by atoms with Crippen molar-refractivity contribution in [2.24, 2.45) is 5.92 Å². The number of piperidine rings is 1. The molecule has 0 radical (unpaired) electrons. The second-order valence-corrected chi connectivity index (χ2v) is 7.86. The number of nitrogens with zero attached hydrogens (tertiary/aromatic N) is 2. The molecule has 0 aliphatic carbocycles. The number of likely N-dealkylation sites (tertiary alicyclic amines) is 1. The highest BCUT2D eigenvalue weighted by Gasteiger charge is 2.33. The molecule has 1 N–H and O–H groups in total. The summed E-state index contributed by atoms with van der Waals surface area (Å²) in [6, 6.07) is 13.9. The number of fused-ring (bicyclic) bond motifs is 1. The van der Waals surface area contributed by atoms with Crippen LogP contribution in [0.15, 0.2) is 48.5 Å². The highest BCUT2D eigenvalue weighted by Crippen LogP contribution is 2.34. The minimum Gasteiger partial charge on any atom is -0.487 e. The third-order valence-corrected chi connectivity index (χ3v) is 5.70. The molecule has 2 aromatic rings. The molecule has 0 spiro atoms. The van der Waals surface area contributed by atoms with E-state index in [-0.39, 0.29) is 36.3 Å². The summed E-state index contributed by atoms with van der Waals surface area (Å²) in [6.07, 6.45) is 1.11. The molecular formula is C23H26FN3O3. The molecule has 7 heteroatoms. The van der Waals surface area contributed by atoms with Gasteiger partial charge in [0.05, 0.1) is 12.2 Å². The number of urea groups is 1. The Morgan fingerprint density at radius 2 is 1.80 bits per heavy atom. The van der Waals surface area contributed by atoms with E-state index in [9.17, 15) is 14.0 Å². The van der Waals surface area contributed by atoms with E-state index >= 15 is 0 Å². The van der Waals surface area contributed by atoms with Gasteiger partial charge < -0.3 is 15.0 Å². The van der Waals surface area contributed by atoms with Gasteiger partial charge in [-0.25, -0.2) is 9.18 Å². The molecule has 0 bridgehead atoms. The Bertz CT molecular complexity index is 927. The molecule has 2 heterocycles. The van der Waals surface area contributed by atoms with Crippen LogP contribution in [0.5, 0.6) is 5.75 Å². The van der Waals surface area contributed by atoms with Crippen molar-refractivity contribution in [2.45, 2.75) is 32.4 Å². The number of rotatable bonds is 3. The molecule has 6 nitrogen and oxygen atoms in total. The Kier molecular flexibility index (Phi) is 5.88. The minimum absolute atomic E-state index is 0.0529. The number of para-hydroxylation sites is 2.